The van der Waals surface area contributed by atoms with Crippen LogP contribution in [-0.2, 0) is 0 Å². The van der Waals surface area contributed by atoms with Crippen molar-refractivity contribution >= 4 is 29.3 Å². The Morgan fingerprint density at radius 1 is 1.27 bits per heavy atom. The first kappa shape index (κ1) is 11.0. The summed E-state index contributed by atoms with van der Waals surface area (Å²) < 4.78 is 0. The standard InChI is InChI=1S/C9H13ClN4S/c10-7-12-8(11)14-9(13-7)15-5-6-3-1-2-4-6/h6H,1-5H2,(H2,11,12,13,14). The monoisotopic (exact) mass is 244 g/mol. The molecule has 15 heavy (non-hydrogen) atoms. The first-order valence-corrected chi connectivity index (χ1v) is 6.40. The molecule has 0 atom stereocenters. The maximum atomic E-state index is 5.69. The summed E-state index contributed by atoms with van der Waals surface area (Å²) in [6.45, 7) is 0. The third-order valence-corrected chi connectivity index (χ3v) is 3.78. The molecule has 1 aliphatic rings. The molecule has 0 bridgehead atoms. The lowest BCUT2D eigenvalue weighted by molar-refractivity contribution is 0.622. The van der Waals surface area contributed by atoms with Gasteiger partial charge in [-0.25, -0.2) is 0 Å². The normalized spacial score (nSPS) is 17.1. The molecule has 0 amide bonds. The molecule has 4 nitrogen and oxygen atoms in total. The van der Waals surface area contributed by atoms with Gasteiger partial charge in [-0.2, -0.15) is 15.0 Å². The van der Waals surface area contributed by atoms with Gasteiger partial charge in [0.15, 0.2) is 5.16 Å². The summed E-state index contributed by atoms with van der Waals surface area (Å²) in [5.41, 5.74) is 5.48. The summed E-state index contributed by atoms with van der Waals surface area (Å²) in [5.74, 6) is 2.05. The van der Waals surface area contributed by atoms with Crippen LogP contribution >= 0.6 is 23.4 Å². The maximum absolute atomic E-state index is 5.69. The van der Waals surface area contributed by atoms with Crippen molar-refractivity contribution in [2.75, 3.05) is 11.5 Å². The molecule has 0 aromatic carbocycles. The second-order valence-corrected chi connectivity index (χ2v) is 5.03. The number of nitrogens with zero attached hydrogens (tertiary/aromatic N) is 3. The number of thioether (sulfide) groups is 1. The second kappa shape index (κ2) is 4.99. The van der Waals surface area contributed by atoms with E-state index in [0.717, 1.165) is 11.7 Å². The highest BCUT2D eigenvalue weighted by molar-refractivity contribution is 7.99. The van der Waals surface area contributed by atoms with Gasteiger partial charge in [0.2, 0.25) is 11.2 Å². The number of hydrogen-bond donors (Lipinski definition) is 1. The van der Waals surface area contributed by atoms with E-state index in [9.17, 15) is 0 Å². The van der Waals surface area contributed by atoms with E-state index in [2.05, 4.69) is 15.0 Å². The van der Waals surface area contributed by atoms with E-state index in [4.69, 9.17) is 17.3 Å². The van der Waals surface area contributed by atoms with E-state index >= 15 is 0 Å². The van der Waals surface area contributed by atoms with Gasteiger partial charge in [-0.15, -0.1) is 0 Å². The van der Waals surface area contributed by atoms with Gasteiger partial charge in [0.05, 0.1) is 0 Å². The van der Waals surface area contributed by atoms with E-state index in [1.54, 1.807) is 11.8 Å². The summed E-state index contributed by atoms with van der Waals surface area (Å²) in [6.07, 6.45) is 5.35. The number of halogens is 1. The Hall–Kier alpha value is -0.550. The molecule has 1 aromatic heterocycles. The Morgan fingerprint density at radius 2 is 2.00 bits per heavy atom. The Bertz CT molecular complexity index is 321. The van der Waals surface area contributed by atoms with Crippen LogP contribution in [0.5, 0.6) is 0 Å². The molecule has 0 saturated heterocycles. The number of nitrogen functional groups attached to an aromatic ring is 1. The smallest absolute Gasteiger partial charge is 0.228 e. The summed E-state index contributed by atoms with van der Waals surface area (Å²) >= 11 is 7.31. The average Bonchev–Trinajstić information content (AvgIpc) is 2.65. The first-order valence-electron chi connectivity index (χ1n) is 5.04. The van der Waals surface area contributed by atoms with Crippen LogP contribution in [0.4, 0.5) is 5.95 Å². The molecule has 1 aromatic rings. The van der Waals surface area contributed by atoms with Crippen molar-refractivity contribution in [1.82, 2.24) is 15.0 Å². The molecule has 6 heteroatoms. The summed E-state index contributed by atoms with van der Waals surface area (Å²) in [5, 5.41) is 0.816. The van der Waals surface area contributed by atoms with Gasteiger partial charge in [-0.1, -0.05) is 24.6 Å². The molecule has 1 heterocycles. The lowest BCUT2D eigenvalue weighted by atomic mass is 10.1. The second-order valence-electron chi connectivity index (χ2n) is 3.71. The largest absolute Gasteiger partial charge is 0.368 e. The number of hydrogen-bond acceptors (Lipinski definition) is 5. The van der Waals surface area contributed by atoms with Gasteiger partial charge in [-0.3, -0.25) is 0 Å². The zero-order valence-corrected chi connectivity index (χ0v) is 9.89. The van der Waals surface area contributed by atoms with Crippen molar-refractivity contribution in [3.8, 4) is 0 Å². The lowest BCUT2D eigenvalue weighted by Gasteiger charge is -2.06. The Kier molecular flexibility index (Phi) is 3.64. The van der Waals surface area contributed by atoms with Crippen LogP contribution < -0.4 is 5.73 Å². The minimum Gasteiger partial charge on any atom is -0.368 e. The summed E-state index contributed by atoms with van der Waals surface area (Å²) in [6, 6.07) is 0. The predicted molar refractivity (Wildman–Crippen MR) is 61.9 cm³/mol. The fourth-order valence-corrected chi connectivity index (χ4v) is 3.02. The fourth-order valence-electron chi connectivity index (χ4n) is 1.78. The zero-order valence-electron chi connectivity index (χ0n) is 8.32. The molecule has 0 radical (unpaired) electrons. The van der Waals surface area contributed by atoms with Gasteiger partial charge in [0, 0.05) is 5.75 Å². The third-order valence-electron chi connectivity index (χ3n) is 2.53. The topological polar surface area (TPSA) is 64.7 Å². The van der Waals surface area contributed by atoms with Crippen LogP contribution in [0.3, 0.4) is 0 Å². The molecule has 2 rings (SSSR count). The van der Waals surface area contributed by atoms with Gasteiger partial charge in [0.1, 0.15) is 0 Å². The number of aromatic nitrogens is 3. The molecular weight excluding hydrogens is 232 g/mol. The van der Waals surface area contributed by atoms with Crippen LogP contribution in [0.2, 0.25) is 5.28 Å². The van der Waals surface area contributed by atoms with E-state index in [0.29, 0.717) is 5.16 Å². The van der Waals surface area contributed by atoms with Gasteiger partial charge in [-0.05, 0) is 30.4 Å². The highest BCUT2D eigenvalue weighted by Gasteiger charge is 2.16. The van der Waals surface area contributed by atoms with Gasteiger partial charge in [0.25, 0.3) is 0 Å². The molecule has 82 valence electrons. The average molecular weight is 245 g/mol. The van der Waals surface area contributed by atoms with Crippen molar-refractivity contribution in [2.45, 2.75) is 30.8 Å². The van der Waals surface area contributed by atoms with Crippen LogP contribution in [0.25, 0.3) is 0 Å². The van der Waals surface area contributed by atoms with E-state index in [-0.39, 0.29) is 11.2 Å². The molecule has 0 spiro atoms. The summed E-state index contributed by atoms with van der Waals surface area (Å²) in [4.78, 5) is 11.8. The molecule has 2 N–H and O–H groups in total. The van der Waals surface area contributed by atoms with Crippen molar-refractivity contribution in [1.29, 1.82) is 0 Å². The SMILES string of the molecule is Nc1nc(Cl)nc(SCC2CCCC2)n1. The number of anilines is 1. The molecule has 0 unspecified atom stereocenters. The Morgan fingerprint density at radius 3 is 2.67 bits per heavy atom. The zero-order chi connectivity index (χ0) is 10.7. The molecule has 0 aliphatic heterocycles. The number of rotatable bonds is 3. The molecule has 1 fully saturated rings. The maximum Gasteiger partial charge on any atom is 0.228 e. The van der Waals surface area contributed by atoms with E-state index in [1.165, 1.54) is 25.7 Å². The van der Waals surface area contributed by atoms with Crippen molar-refractivity contribution in [3.05, 3.63) is 5.28 Å². The van der Waals surface area contributed by atoms with Crippen LogP contribution in [0.1, 0.15) is 25.7 Å². The molecule has 1 saturated carbocycles. The van der Waals surface area contributed by atoms with Crippen molar-refractivity contribution in [3.63, 3.8) is 0 Å². The Labute approximate surface area is 98.0 Å². The van der Waals surface area contributed by atoms with Crippen LogP contribution in [-0.4, -0.2) is 20.7 Å². The minimum atomic E-state index is 0.177. The molecular formula is C9H13ClN4S. The van der Waals surface area contributed by atoms with E-state index in [1.807, 2.05) is 0 Å². The third kappa shape index (κ3) is 3.21. The van der Waals surface area contributed by atoms with Gasteiger partial charge >= 0.3 is 0 Å². The van der Waals surface area contributed by atoms with E-state index < -0.39 is 0 Å². The Balaban J connectivity index is 1.92. The predicted octanol–water partition coefficient (Wildman–Crippen LogP) is 2.39. The highest BCUT2D eigenvalue weighted by Crippen LogP contribution is 2.29. The quantitative estimate of drug-likeness (QED) is 0.828. The van der Waals surface area contributed by atoms with Crippen molar-refractivity contribution in [2.24, 2.45) is 5.92 Å². The fraction of sp³-hybridized carbons (Fsp3) is 0.667. The minimum absolute atomic E-state index is 0.177. The lowest BCUT2D eigenvalue weighted by Crippen LogP contribution is -2.02. The van der Waals surface area contributed by atoms with Gasteiger partial charge < -0.3 is 5.73 Å². The highest BCUT2D eigenvalue weighted by atomic mass is 35.5. The van der Waals surface area contributed by atoms with Crippen LogP contribution in [0.15, 0.2) is 5.16 Å². The first-order chi connectivity index (χ1) is 7.24. The molecule has 1 aliphatic carbocycles. The summed E-state index contributed by atoms with van der Waals surface area (Å²) in [7, 11) is 0. The number of nitrogens with two attached hydrogens (primary N) is 1. The van der Waals surface area contributed by atoms with Crippen LogP contribution in [0, 0.1) is 5.92 Å². The van der Waals surface area contributed by atoms with Crippen molar-refractivity contribution < 1.29 is 0 Å².